The highest BCUT2D eigenvalue weighted by molar-refractivity contribution is 5.97. The Kier molecular flexibility index (Phi) is 7.01. The average molecular weight is 493 g/mol. The minimum Gasteiger partial charge on any atom is -0.496 e. The number of hydrogen-bond acceptors (Lipinski definition) is 3. The van der Waals surface area contributed by atoms with E-state index in [2.05, 4.69) is 35.5 Å². The first-order valence-corrected chi connectivity index (χ1v) is 12.9. The Morgan fingerprint density at radius 3 is 2.35 bits per heavy atom. The van der Waals surface area contributed by atoms with E-state index in [1.807, 2.05) is 47.4 Å². The number of carbonyl (C=O) groups is 2. The molecule has 0 spiro atoms. The van der Waals surface area contributed by atoms with Gasteiger partial charge in [0.25, 0.3) is 5.91 Å². The summed E-state index contributed by atoms with van der Waals surface area (Å²) in [6.45, 7) is 1.24. The number of methoxy groups -OCH3 is 1. The van der Waals surface area contributed by atoms with Crippen LogP contribution >= 0.6 is 0 Å². The lowest BCUT2D eigenvalue weighted by molar-refractivity contribution is -0.134. The molecule has 3 aromatic rings. The molecule has 3 aromatic carbocycles. The fraction of sp³-hybridized carbons (Fsp3) is 0.312. The van der Waals surface area contributed by atoms with Gasteiger partial charge in [0.2, 0.25) is 5.91 Å². The lowest BCUT2D eigenvalue weighted by Gasteiger charge is -2.41. The standard InChI is InChI=1S/C32H32N2O3/c1-3-32(23-11-5-4-6-12-23)20-17-26(25-13-7-9-15-28(25)32)31(36)34-21-18-24(19-22-34)33-30(35)27-14-8-10-16-29(27)37-2/h1,4-16,24,26H,17-22H2,2H3,(H,33,35)/t26-,32-/m0/s1. The number of likely N-dealkylation sites (tertiary alicyclic amines) is 1. The molecule has 1 N–H and O–H groups in total. The third kappa shape index (κ3) is 4.60. The molecule has 2 aliphatic rings. The van der Waals surface area contributed by atoms with Gasteiger partial charge in [-0.05, 0) is 54.5 Å². The van der Waals surface area contributed by atoms with Gasteiger partial charge in [0.1, 0.15) is 5.75 Å². The highest BCUT2D eigenvalue weighted by atomic mass is 16.5. The zero-order valence-electron chi connectivity index (χ0n) is 21.2. The van der Waals surface area contributed by atoms with E-state index in [4.69, 9.17) is 11.2 Å². The lowest BCUT2D eigenvalue weighted by atomic mass is 9.63. The highest BCUT2D eigenvalue weighted by Crippen LogP contribution is 2.47. The van der Waals surface area contributed by atoms with Gasteiger partial charge < -0.3 is 15.0 Å². The van der Waals surface area contributed by atoms with Crippen LogP contribution in [0.15, 0.2) is 78.9 Å². The van der Waals surface area contributed by atoms with Gasteiger partial charge in [0.15, 0.2) is 0 Å². The van der Waals surface area contributed by atoms with Crippen molar-refractivity contribution in [1.29, 1.82) is 0 Å². The maximum Gasteiger partial charge on any atom is 0.255 e. The first kappa shape index (κ1) is 24.6. The van der Waals surface area contributed by atoms with Gasteiger partial charge in [-0.2, -0.15) is 0 Å². The Bertz CT molecular complexity index is 1320. The van der Waals surface area contributed by atoms with Crippen LogP contribution in [0.25, 0.3) is 0 Å². The predicted molar refractivity (Wildman–Crippen MR) is 145 cm³/mol. The van der Waals surface area contributed by atoms with E-state index < -0.39 is 5.41 Å². The van der Waals surface area contributed by atoms with Crippen LogP contribution in [0.3, 0.4) is 0 Å². The first-order valence-electron chi connectivity index (χ1n) is 12.9. The molecule has 1 aliphatic heterocycles. The zero-order chi connectivity index (χ0) is 25.8. The molecule has 0 saturated carbocycles. The number of nitrogens with zero attached hydrogens (tertiary/aromatic N) is 1. The van der Waals surface area contributed by atoms with Crippen molar-refractivity contribution in [2.75, 3.05) is 20.2 Å². The van der Waals surface area contributed by atoms with Crippen LogP contribution in [-0.4, -0.2) is 43.0 Å². The molecule has 2 amide bonds. The normalized spacial score (nSPS) is 21.4. The monoisotopic (exact) mass is 492 g/mol. The van der Waals surface area contributed by atoms with E-state index in [0.29, 0.717) is 30.8 Å². The van der Waals surface area contributed by atoms with Gasteiger partial charge in [-0.25, -0.2) is 0 Å². The second-order valence-corrected chi connectivity index (χ2v) is 9.87. The molecule has 0 unspecified atom stereocenters. The number of nitrogens with one attached hydrogen (secondary N) is 1. The van der Waals surface area contributed by atoms with Gasteiger partial charge in [0, 0.05) is 19.1 Å². The van der Waals surface area contributed by atoms with Gasteiger partial charge in [-0.15, -0.1) is 6.42 Å². The van der Waals surface area contributed by atoms with Gasteiger partial charge in [-0.1, -0.05) is 72.7 Å². The van der Waals surface area contributed by atoms with Crippen molar-refractivity contribution in [3.05, 3.63) is 101 Å². The van der Waals surface area contributed by atoms with Crippen molar-refractivity contribution in [3.63, 3.8) is 0 Å². The molecule has 5 rings (SSSR count). The van der Waals surface area contributed by atoms with Crippen LogP contribution in [0, 0.1) is 12.3 Å². The molecule has 5 nitrogen and oxygen atoms in total. The second-order valence-electron chi connectivity index (χ2n) is 9.87. The Labute approximate surface area is 218 Å². The number of rotatable bonds is 5. The fourth-order valence-corrected chi connectivity index (χ4v) is 5.91. The van der Waals surface area contributed by atoms with Crippen molar-refractivity contribution in [3.8, 4) is 18.1 Å². The van der Waals surface area contributed by atoms with Crippen LogP contribution in [0.5, 0.6) is 5.75 Å². The molecule has 0 radical (unpaired) electrons. The van der Waals surface area contributed by atoms with Crippen LogP contribution in [-0.2, 0) is 10.2 Å². The molecular formula is C32H32N2O3. The van der Waals surface area contributed by atoms with Crippen LogP contribution in [0.2, 0.25) is 0 Å². The Hall–Kier alpha value is -4.04. The predicted octanol–water partition coefficient (Wildman–Crippen LogP) is 4.91. The number of terminal acetylenes is 1. The number of carbonyl (C=O) groups excluding carboxylic acids is 2. The van der Waals surface area contributed by atoms with Crippen molar-refractivity contribution in [1.82, 2.24) is 10.2 Å². The summed E-state index contributed by atoms with van der Waals surface area (Å²) in [6.07, 6.45) is 9.06. The van der Waals surface area contributed by atoms with Gasteiger partial charge >= 0.3 is 0 Å². The molecule has 1 aliphatic carbocycles. The van der Waals surface area contributed by atoms with Crippen molar-refractivity contribution >= 4 is 11.8 Å². The summed E-state index contributed by atoms with van der Waals surface area (Å²) in [4.78, 5) is 28.5. The molecular weight excluding hydrogens is 460 g/mol. The minimum absolute atomic E-state index is 0.0206. The largest absolute Gasteiger partial charge is 0.496 e. The zero-order valence-corrected chi connectivity index (χ0v) is 21.2. The number of hydrogen-bond donors (Lipinski definition) is 1. The Morgan fingerprint density at radius 2 is 1.62 bits per heavy atom. The summed E-state index contributed by atoms with van der Waals surface area (Å²) in [5, 5.41) is 3.12. The number of ether oxygens (including phenoxy) is 1. The maximum atomic E-state index is 13.8. The Morgan fingerprint density at radius 1 is 0.946 bits per heavy atom. The molecule has 1 fully saturated rings. The van der Waals surface area contributed by atoms with Gasteiger partial charge in [-0.3, -0.25) is 9.59 Å². The topological polar surface area (TPSA) is 58.6 Å². The molecule has 0 aromatic heterocycles. The van der Waals surface area contributed by atoms with Crippen molar-refractivity contribution < 1.29 is 14.3 Å². The smallest absolute Gasteiger partial charge is 0.255 e. The third-order valence-electron chi connectivity index (χ3n) is 7.91. The summed E-state index contributed by atoms with van der Waals surface area (Å²) in [7, 11) is 1.56. The second kappa shape index (κ2) is 10.5. The SMILES string of the molecule is C#C[C@@]1(c2ccccc2)CC[C@H](C(=O)N2CCC(NC(=O)c3ccccc3OC)CC2)c2ccccc21. The van der Waals surface area contributed by atoms with Crippen LogP contribution in [0.1, 0.15) is 58.6 Å². The number of piperidine rings is 1. The molecule has 188 valence electrons. The maximum absolute atomic E-state index is 13.8. The molecule has 0 bridgehead atoms. The minimum atomic E-state index is -0.523. The summed E-state index contributed by atoms with van der Waals surface area (Å²) < 4.78 is 5.32. The highest BCUT2D eigenvalue weighted by Gasteiger charge is 2.43. The third-order valence-corrected chi connectivity index (χ3v) is 7.91. The molecule has 1 heterocycles. The number of benzene rings is 3. The molecule has 37 heavy (non-hydrogen) atoms. The van der Waals surface area contributed by atoms with E-state index >= 15 is 0 Å². The fourth-order valence-electron chi connectivity index (χ4n) is 5.91. The van der Waals surface area contributed by atoms with E-state index in [1.54, 1.807) is 19.2 Å². The number of fused-ring (bicyclic) bond motifs is 1. The quantitative estimate of drug-likeness (QED) is 0.515. The van der Waals surface area contributed by atoms with Crippen molar-refractivity contribution in [2.24, 2.45) is 0 Å². The Balaban J connectivity index is 1.28. The van der Waals surface area contributed by atoms with Crippen LogP contribution < -0.4 is 10.1 Å². The molecule has 1 saturated heterocycles. The number of amides is 2. The van der Waals surface area contributed by atoms with E-state index in [9.17, 15) is 9.59 Å². The molecule has 2 atom stereocenters. The van der Waals surface area contributed by atoms with Crippen molar-refractivity contribution in [2.45, 2.75) is 43.1 Å². The average Bonchev–Trinajstić information content (AvgIpc) is 2.97. The van der Waals surface area contributed by atoms with E-state index in [0.717, 1.165) is 36.0 Å². The summed E-state index contributed by atoms with van der Waals surface area (Å²) in [5.74, 6) is 3.46. The number of para-hydroxylation sites is 1. The lowest BCUT2D eigenvalue weighted by Crippen LogP contribution is -2.48. The van der Waals surface area contributed by atoms with E-state index in [-0.39, 0.29) is 23.8 Å². The van der Waals surface area contributed by atoms with Gasteiger partial charge in [0.05, 0.1) is 24.0 Å². The summed E-state index contributed by atoms with van der Waals surface area (Å²) in [5.41, 5.74) is 3.20. The first-order chi connectivity index (χ1) is 18.1. The molecule has 5 heteroatoms. The summed E-state index contributed by atoms with van der Waals surface area (Å²) >= 11 is 0. The summed E-state index contributed by atoms with van der Waals surface area (Å²) in [6, 6.07) is 25.6. The van der Waals surface area contributed by atoms with E-state index in [1.165, 1.54) is 0 Å². The van der Waals surface area contributed by atoms with Crippen LogP contribution in [0.4, 0.5) is 0 Å².